The Bertz CT molecular complexity index is 450. The fourth-order valence-corrected chi connectivity index (χ4v) is 2.93. The zero-order chi connectivity index (χ0) is 12.6. The van der Waals surface area contributed by atoms with Crippen LogP contribution in [0, 0.1) is 0 Å². The van der Waals surface area contributed by atoms with E-state index in [1.807, 2.05) is 18.2 Å². The van der Waals surface area contributed by atoms with Gasteiger partial charge >= 0.3 is 0 Å². The molecule has 5 nitrogen and oxygen atoms in total. The van der Waals surface area contributed by atoms with Gasteiger partial charge in [-0.1, -0.05) is 18.2 Å². The fraction of sp³-hybridized carbons (Fsp3) is 0.462. The molecule has 5 heteroatoms. The number of carbonyl (C=O) groups is 1. The Hall–Kier alpha value is -1.59. The average molecular weight is 246 g/mol. The molecule has 2 aliphatic heterocycles. The zero-order valence-electron chi connectivity index (χ0n) is 10.2. The van der Waals surface area contributed by atoms with E-state index < -0.39 is 0 Å². The molecule has 1 aromatic carbocycles. The van der Waals surface area contributed by atoms with E-state index in [-0.39, 0.29) is 24.3 Å². The summed E-state index contributed by atoms with van der Waals surface area (Å²) in [5, 5.41) is 6.78. The summed E-state index contributed by atoms with van der Waals surface area (Å²) in [6.45, 7) is 1.31. The molecule has 0 aliphatic carbocycles. The van der Waals surface area contributed by atoms with E-state index in [9.17, 15) is 4.79 Å². The molecule has 0 radical (unpaired) electrons. The van der Waals surface area contributed by atoms with Crippen molar-refractivity contribution in [2.75, 3.05) is 18.4 Å². The van der Waals surface area contributed by atoms with Crippen LogP contribution in [0.1, 0.15) is 12.8 Å². The van der Waals surface area contributed by atoms with Gasteiger partial charge in [0.05, 0.1) is 6.54 Å². The number of fused-ring (bicyclic) bond motifs is 1. The number of para-hydroxylation sites is 1. The van der Waals surface area contributed by atoms with Crippen LogP contribution in [0.4, 0.5) is 5.69 Å². The molecule has 0 spiro atoms. The highest BCUT2D eigenvalue weighted by Gasteiger charge is 2.65. The van der Waals surface area contributed by atoms with Crippen LogP contribution in [-0.2, 0) is 4.79 Å². The molecule has 1 amide bonds. The number of piperidine rings is 1. The number of primary amides is 1. The lowest BCUT2D eigenvalue weighted by molar-refractivity contribution is -0.117. The van der Waals surface area contributed by atoms with Crippen molar-refractivity contribution in [3.8, 4) is 0 Å². The summed E-state index contributed by atoms with van der Waals surface area (Å²) in [4.78, 5) is 13.3. The van der Waals surface area contributed by atoms with Crippen LogP contribution in [0.3, 0.4) is 0 Å². The number of nitrogens with zero attached hydrogens (tertiary/aromatic N) is 1. The van der Waals surface area contributed by atoms with Gasteiger partial charge in [0.1, 0.15) is 11.8 Å². The molecule has 2 saturated heterocycles. The Morgan fingerprint density at radius 2 is 2.22 bits per heavy atom. The summed E-state index contributed by atoms with van der Waals surface area (Å²) in [6, 6.07) is 10.1. The van der Waals surface area contributed by atoms with Gasteiger partial charge in [-0.15, -0.1) is 0 Å². The smallest absolute Gasteiger partial charge is 0.231 e. The van der Waals surface area contributed by atoms with Crippen LogP contribution in [0.15, 0.2) is 30.3 Å². The Kier molecular flexibility index (Phi) is 2.72. The molecule has 1 aromatic rings. The van der Waals surface area contributed by atoms with Gasteiger partial charge in [0.15, 0.2) is 0 Å². The van der Waals surface area contributed by atoms with Crippen LogP contribution < -0.4 is 16.4 Å². The summed E-state index contributed by atoms with van der Waals surface area (Å²) in [7, 11) is 0. The molecule has 3 rings (SSSR count). The van der Waals surface area contributed by atoms with Gasteiger partial charge in [-0.3, -0.25) is 15.0 Å². The van der Waals surface area contributed by atoms with Gasteiger partial charge in [0.2, 0.25) is 5.91 Å². The minimum atomic E-state index is -0.304. The predicted octanol–water partition coefficient (Wildman–Crippen LogP) is 0.305. The number of nitrogens with one attached hydrogen (secondary N) is 2. The largest absolute Gasteiger partial charge is 0.369 e. The second-order valence-electron chi connectivity index (χ2n) is 4.95. The Morgan fingerprint density at radius 1 is 1.44 bits per heavy atom. The van der Waals surface area contributed by atoms with Gasteiger partial charge in [-0.05, 0) is 25.0 Å². The van der Waals surface area contributed by atoms with E-state index in [0.29, 0.717) is 0 Å². The number of hydrogen-bond donors (Lipinski definition) is 3. The standard InChI is InChI=1S/C13H18N4O/c14-11(18)9-15-13-7-4-8-17(13)12(13)16-10-5-2-1-3-6-10/h1-3,5-6,12,15-16H,4,7-9H2,(H2,14,18). The number of carbonyl (C=O) groups excluding carboxylic acids is 1. The van der Waals surface area contributed by atoms with Crippen LogP contribution >= 0.6 is 0 Å². The van der Waals surface area contributed by atoms with E-state index in [0.717, 1.165) is 18.7 Å². The first-order chi connectivity index (χ1) is 8.72. The number of hydrogen-bond acceptors (Lipinski definition) is 4. The molecule has 4 N–H and O–H groups in total. The summed E-state index contributed by atoms with van der Waals surface area (Å²) in [5.41, 5.74) is 6.25. The van der Waals surface area contributed by atoms with Gasteiger partial charge in [-0.25, -0.2) is 0 Å². The van der Waals surface area contributed by atoms with Crippen molar-refractivity contribution in [2.24, 2.45) is 5.73 Å². The maximum Gasteiger partial charge on any atom is 0.231 e. The molecule has 2 aliphatic rings. The van der Waals surface area contributed by atoms with Gasteiger partial charge in [0, 0.05) is 12.2 Å². The fourth-order valence-electron chi connectivity index (χ4n) is 2.93. The van der Waals surface area contributed by atoms with Crippen molar-refractivity contribution >= 4 is 11.6 Å². The molecular weight excluding hydrogens is 228 g/mol. The maximum absolute atomic E-state index is 10.9. The van der Waals surface area contributed by atoms with Gasteiger partial charge in [-0.2, -0.15) is 0 Å². The number of nitrogens with two attached hydrogens (primary N) is 1. The summed E-state index contributed by atoms with van der Waals surface area (Å²) >= 11 is 0. The first-order valence-corrected chi connectivity index (χ1v) is 6.34. The highest BCUT2D eigenvalue weighted by molar-refractivity contribution is 5.76. The summed E-state index contributed by atoms with van der Waals surface area (Å²) in [5.74, 6) is -0.304. The Morgan fingerprint density at radius 3 is 2.94 bits per heavy atom. The molecule has 0 aromatic heterocycles. The molecule has 2 fully saturated rings. The number of benzene rings is 1. The summed E-state index contributed by atoms with van der Waals surface area (Å²) < 4.78 is 0. The van der Waals surface area contributed by atoms with Crippen molar-refractivity contribution in [3.05, 3.63) is 30.3 Å². The minimum absolute atomic E-state index is 0.0646. The average Bonchev–Trinajstić information content (AvgIpc) is 2.77. The van der Waals surface area contributed by atoms with Crippen LogP contribution in [-0.4, -0.2) is 35.7 Å². The van der Waals surface area contributed by atoms with Gasteiger partial charge in [0.25, 0.3) is 0 Å². The van der Waals surface area contributed by atoms with Crippen LogP contribution in [0.2, 0.25) is 0 Å². The Balaban J connectivity index is 1.66. The maximum atomic E-state index is 10.9. The van der Waals surface area contributed by atoms with Crippen LogP contribution in [0.5, 0.6) is 0 Å². The van der Waals surface area contributed by atoms with E-state index in [1.165, 1.54) is 6.42 Å². The highest BCUT2D eigenvalue weighted by atomic mass is 16.1. The van der Waals surface area contributed by atoms with Crippen molar-refractivity contribution in [3.63, 3.8) is 0 Å². The molecule has 3 unspecified atom stereocenters. The molecule has 96 valence electrons. The third kappa shape index (κ3) is 1.85. The Labute approximate surface area is 106 Å². The van der Waals surface area contributed by atoms with Crippen molar-refractivity contribution in [1.29, 1.82) is 0 Å². The van der Waals surface area contributed by atoms with E-state index in [1.54, 1.807) is 0 Å². The lowest BCUT2D eigenvalue weighted by atomic mass is 10.1. The molecule has 0 bridgehead atoms. The minimum Gasteiger partial charge on any atom is -0.369 e. The molecule has 3 atom stereocenters. The highest BCUT2D eigenvalue weighted by Crippen LogP contribution is 2.47. The first kappa shape index (κ1) is 11.5. The first-order valence-electron chi connectivity index (χ1n) is 6.34. The zero-order valence-corrected chi connectivity index (χ0v) is 10.2. The number of amides is 1. The SMILES string of the molecule is NC(=O)CNC12CCCN1C2Nc1ccccc1. The second-order valence-corrected chi connectivity index (χ2v) is 4.95. The van der Waals surface area contributed by atoms with Crippen molar-refractivity contribution in [2.45, 2.75) is 24.7 Å². The number of anilines is 1. The molecular formula is C13H18N4O. The third-order valence-electron chi connectivity index (χ3n) is 3.81. The van der Waals surface area contributed by atoms with Crippen LogP contribution in [0.25, 0.3) is 0 Å². The molecule has 2 heterocycles. The monoisotopic (exact) mass is 246 g/mol. The molecule has 0 saturated carbocycles. The third-order valence-corrected chi connectivity index (χ3v) is 3.81. The van der Waals surface area contributed by atoms with E-state index in [4.69, 9.17) is 5.73 Å². The normalized spacial score (nSPS) is 32.9. The lowest BCUT2D eigenvalue weighted by Gasteiger charge is -2.14. The van der Waals surface area contributed by atoms with Crippen molar-refractivity contribution < 1.29 is 4.79 Å². The lowest BCUT2D eigenvalue weighted by Crippen LogP contribution is -2.42. The number of rotatable bonds is 5. The van der Waals surface area contributed by atoms with E-state index >= 15 is 0 Å². The van der Waals surface area contributed by atoms with Gasteiger partial charge < -0.3 is 11.1 Å². The van der Waals surface area contributed by atoms with Crippen molar-refractivity contribution in [1.82, 2.24) is 10.2 Å². The summed E-state index contributed by atoms with van der Waals surface area (Å²) in [6.07, 6.45) is 2.50. The predicted molar refractivity (Wildman–Crippen MR) is 69.7 cm³/mol. The second kappa shape index (κ2) is 4.26. The topological polar surface area (TPSA) is 70.2 Å². The molecule has 18 heavy (non-hydrogen) atoms. The van der Waals surface area contributed by atoms with E-state index in [2.05, 4.69) is 27.7 Å². The quantitative estimate of drug-likeness (QED) is 0.654.